The number of halogens is 1. The molecule has 11 heteroatoms. The second kappa shape index (κ2) is 11.9. The molecule has 0 spiro atoms. The SMILES string of the molecule is O=C(Cc1ccc2nc(Nc3ccccc3Cl)oc2c1)Nc1ccc(C2CN(C(=O)c3ccncc3)CC2C(=O)O)cc1. The standard InChI is InChI=1S/C32H26ClN5O5/c33-25-3-1-2-4-26(25)36-32-37-27-10-5-19(15-28(27)43-32)16-29(39)35-22-8-6-20(7-9-22)23-17-38(18-24(23)31(41)42)30(40)21-11-13-34-14-12-21/h1-15,23-24H,16-18H2,(H,35,39)(H,36,37)(H,41,42). The number of carboxylic acids is 1. The molecule has 1 aliphatic heterocycles. The maximum absolute atomic E-state index is 12.9. The first-order valence-corrected chi connectivity index (χ1v) is 13.9. The van der Waals surface area contributed by atoms with Crippen LogP contribution in [0.4, 0.5) is 17.4 Å². The van der Waals surface area contributed by atoms with Crippen LogP contribution in [0, 0.1) is 5.92 Å². The molecule has 216 valence electrons. The van der Waals surface area contributed by atoms with Crippen LogP contribution in [0.25, 0.3) is 11.1 Å². The number of amides is 2. The Morgan fingerprint density at radius 2 is 1.74 bits per heavy atom. The van der Waals surface area contributed by atoms with E-state index < -0.39 is 11.9 Å². The van der Waals surface area contributed by atoms with Gasteiger partial charge < -0.3 is 25.1 Å². The molecular weight excluding hydrogens is 570 g/mol. The third-order valence-corrected chi connectivity index (χ3v) is 7.74. The van der Waals surface area contributed by atoms with Crippen LogP contribution in [0.2, 0.25) is 5.02 Å². The van der Waals surface area contributed by atoms with Crippen LogP contribution in [0.3, 0.4) is 0 Å². The predicted octanol–water partition coefficient (Wildman–Crippen LogP) is 5.74. The first-order valence-electron chi connectivity index (χ1n) is 13.6. The van der Waals surface area contributed by atoms with Crippen molar-refractivity contribution in [2.75, 3.05) is 23.7 Å². The predicted molar refractivity (Wildman–Crippen MR) is 162 cm³/mol. The minimum Gasteiger partial charge on any atom is -0.481 e. The minimum absolute atomic E-state index is 0.113. The van der Waals surface area contributed by atoms with E-state index in [2.05, 4.69) is 20.6 Å². The fourth-order valence-corrected chi connectivity index (χ4v) is 5.43. The lowest BCUT2D eigenvalue weighted by molar-refractivity contribution is -0.141. The molecular formula is C32H26ClN5O5. The van der Waals surface area contributed by atoms with Crippen LogP contribution >= 0.6 is 11.6 Å². The quantitative estimate of drug-likeness (QED) is 0.206. The number of para-hydroxylation sites is 1. The molecule has 1 aliphatic rings. The Balaban J connectivity index is 1.09. The second-order valence-electron chi connectivity index (χ2n) is 10.3. The largest absolute Gasteiger partial charge is 0.481 e. The van der Waals surface area contributed by atoms with Crippen LogP contribution in [-0.4, -0.2) is 50.8 Å². The van der Waals surface area contributed by atoms with Crippen LogP contribution in [0.5, 0.6) is 0 Å². The lowest BCUT2D eigenvalue weighted by Crippen LogP contribution is -2.29. The number of nitrogens with zero attached hydrogens (tertiary/aromatic N) is 3. The molecule has 1 fully saturated rings. The number of fused-ring (bicyclic) bond motifs is 1. The highest BCUT2D eigenvalue weighted by molar-refractivity contribution is 6.33. The minimum atomic E-state index is -0.956. The molecule has 2 unspecified atom stereocenters. The number of anilines is 3. The lowest BCUT2D eigenvalue weighted by atomic mass is 9.89. The van der Waals surface area contributed by atoms with Gasteiger partial charge in [-0.25, -0.2) is 0 Å². The van der Waals surface area contributed by atoms with E-state index in [9.17, 15) is 19.5 Å². The Morgan fingerprint density at radius 3 is 2.49 bits per heavy atom. The fraction of sp³-hybridized carbons (Fsp3) is 0.156. The number of carbonyl (C=O) groups excluding carboxylic acids is 2. The van der Waals surface area contributed by atoms with E-state index in [1.54, 1.807) is 59.5 Å². The number of hydrogen-bond acceptors (Lipinski definition) is 7. The second-order valence-corrected chi connectivity index (χ2v) is 10.7. The number of pyridine rings is 1. The number of aliphatic carboxylic acids is 1. The van der Waals surface area contributed by atoms with E-state index >= 15 is 0 Å². The number of nitrogens with one attached hydrogen (secondary N) is 2. The van der Waals surface area contributed by atoms with Gasteiger partial charge in [0.25, 0.3) is 11.9 Å². The van der Waals surface area contributed by atoms with Gasteiger partial charge in [-0.1, -0.05) is 41.9 Å². The molecule has 3 N–H and O–H groups in total. The highest BCUT2D eigenvalue weighted by atomic mass is 35.5. The fourth-order valence-electron chi connectivity index (χ4n) is 5.25. The van der Waals surface area contributed by atoms with Crippen molar-refractivity contribution in [1.82, 2.24) is 14.9 Å². The van der Waals surface area contributed by atoms with Gasteiger partial charge in [0.15, 0.2) is 5.58 Å². The van der Waals surface area contributed by atoms with Crippen molar-refractivity contribution in [3.8, 4) is 0 Å². The number of likely N-dealkylation sites (tertiary alicyclic amines) is 1. The third kappa shape index (κ3) is 6.19. The highest BCUT2D eigenvalue weighted by Gasteiger charge is 2.40. The topological polar surface area (TPSA) is 138 Å². The number of oxazole rings is 1. The zero-order valence-corrected chi connectivity index (χ0v) is 23.5. The summed E-state index contributed by atoms with van der Waals surface area (Å²) in [5.74, 6) is -2.52. The lowest BCUT2D eigenvalue weighted by Gasteiger charge is -2.17. The van der Waals surface area contributed by atoms with Crippen molar-refractivity contribution in [3.05, 3.63) is 113 Å². The van der Waals surface area contributed by atoms with E-state index in [1.165, 1.54) is 12.4 Å². The maximum Gasteiger partial charge on any atom is 0.308 e. The Bertz CT molecular complexity index is 1810. The molecule has 3 aromatic carbocycles. The van der Waals surface area contributed by atoms with Crippen molar-refractivity contribution >= 4 is 57.9 Å². The highest BCUT2D eigenvalue weighted by Crippen LogP contribution is 2.34. The Hall–Kier alpha value is -5.22. The van der Waals surface area contributed by atoms with Gasteiger partial charge in [-0.05, 0) is 59.7 Å². The van der Waals surface area contributed by atoms with E-state index in [4.69, 9.17) is 16.0 Å². The number of rotatable bonds is 8. The normalized spacial score (nSPS) is 16.3. The summed E-state index contributed by atoms with van der Waals surface area (Å²) < 4.78 is 5.82. The molecule has 0 radical (unpaired) electrons. The van der Waals surface area contributed by atoms with Crippen LogP contribution < -0.4 is 10.6 Å². The zero-order chi connectivity index (χ0) is 29.9. The van der Waals surface area contributed by atoms with Gasteiger partial charge in [-0.2, -0.15) is 4.98 Å². The maximum atomic E-state index is 12.9. The summed E-state index contributed by atoms with van der Waals surface area (Å²) in [5.41, 5.74) is 4.42. The number of benzene rings is 3. The summed E-state index contributed by atoms with van der Waals surface area (Å²) in [6.07, 6.45) is 3.18. The molecule has 5 aromatic rings. The third-order valence-electron chi connectivity index (χ3n) is 7.41. The summed E-state index contributed by atoms with van der Waals surface area (Å²) in [4.78, 5) is 47.7. The molecule has 6 rings (SSSR count). The first-order chi connectivity index (χ1) is 20.8. The molecule has 2 aromatic heterocycles. The molecule has 0 aliphatic carbocycles. The molecule has 2 atom stereocenters. The van der Waals surface area contributed by atoms with E-state index in [1.807, 2.05) is 24.3 Å². The smallest absolute Gasteiger partial charge is 0.308 e. The molecule has 43 heavy (non-hydrogen) atoms. The van der Waals surface area contributed by atoms with Crippen LogP contribution in [0.1, 0.15) is 27.4 Å². The zero-order valence-electron chi connectivity index (χ0n) is 22.7. The van der Waals surface area contributed by atoms with E-state index in [-0.39, 0.29) is 37.2 Å². The monoisotopic (exact) mass is 595 g/mol. The summed E-state index contributed by atoms with van der Waals surface area (Å²) in [6, 6.07) is 23.2. The average molecular weight is 596 g/mol. The molecule has 1 saturated heterocycles. The Morgan fingerprint density at radius 1 is 0.977 bits per heavy atom. The molecule has 10 nitrogen and oxygen atoms in total. The Labute approximate surface area is 251 Å². The molecule has 0 saturated carbocycles. The van der Waals surface area contributed by atoms with Crippen molar-refractivity contribution in [1.29, 1.82) is 0 Å². The van der Waals surface area contributed by atoms with Gasteiger partial charge in [0.1, 0.15) is 5.52 Å². The van der Waals surface area contributed by atoms with E-state index in [0.717, 1.165) is 11.1 Å². The van der Waals surface area contributed by atoms with Crippen molar-refractivity contribution < 1.29 is 23.9 Å². The van der Waals surface area contributed by atoms with Gasteiger partial charge in [-0.3, -0.25) is 19.4 Å². The van der Waals surface area contributed by atoms with Gasteiger partial charge >= 0.3 is 5.97 Å². The van der Waals surface area contributed by atoms with Crippen LogP contribution in [-0.2, 0) is 16.0 Å². The number of hydrogen-bond donors (Lipinski definition) is 3. The molecule has 0 bridgehead atoms. The van der Waals surface area contributed by atoms with Gasteiger partial charge in [-0.15, -0.1) is 0 Å². The Kier molecular flexibility index (Phi) is 7.76. The first kappa shape index (κ1) is 27.9. The number of carbonyl (C=O) groups is 3. The van der Waals surface area contributed by atoms with Gasteiger partial charge in [0.05, 0.1) is 23.0 Å². The average Bonchev–Trinajstić information content (AvgIpc) is 3.63. The van der Waals surface area contributed by atoms with Gasteiger partial charge in [0.2, 0.25) is 5.91 Å². The van der Waals surface area contributed by atoms with Gasteiger partial charge in [0, 0.05) is 42.7 Å². The summed E-state index contributed by atoms with van der Waals surface area (Å²) in [5, 5.41) is 16.3. The van der Waals surface area contributed by atoms with Crippen molar-refractivity contribution in [3.63, 3.8) is 0 Å². The van der Waals surface area contributed by atoms with Crippen molar-refractivity contribution in [2.24, 2.45) is 5.92 Å². The van der Waals surface area contributed by atoms with Crippen molar-refractivity contribution in [2.45, 2.75) is 12.3 Å². The number of carboxylic acid groups (broad SMARTS) is 1. The number of aromatic nitrogens is 2. The molecule has 3 heterocycles. The summed E-state index contributed by atoms with van der Waals surface area (Å²) in [7, 11) is 0. The van der Waals surface area contributed by atoms with Crippen LogP contribution in [0.15, 0.2) is 95.7 Å². The summed E-state index contributed by atoms with van der Waals surface area (Å²) >= 11 is 6.20. The summed E-state index contributed by atoms with van der Waals surface area (Å²) in [6.45, 7) is 0.399. The molecule has 2 amide bonds. The van der Waals surface area contributed by atoms with E-state index in [0.29, 0.717) is 39.1 Å².